The summed E-state index contributed by atoms with van der Waals surface area (Å²) < 4.78 is 21.5. The summed E-state index contributed by atoms with van der Waals surface area (Å²) in [5.74, 6) is -0.336. The highest BCUT2D eigenvalue weighted by Crippen LogP contribution is 2.29. The molecule has 1 rings (SSSR count). The predicted octanol–water partition coefficient (Wildman–Crippen LogP) is 2.42. The van der Waals surface area contributed by atoms with Crippen molar-refractivity contribution in [1.82, 2.24) is 0 Å². The SMILES string of the molecule is Cc1cc(CS(=O)(=O)Cl)cc(Cl)c1O. The third-order valence-electron chi connectivity index (χ3n) is 1.65. The number of phenolic OH excluding ortho intramolecular Hbond substituents is 1. The minimum atomic E-state index is -3.59. The molecule has 78 valence electrons. The van der Waals surface area contributed by atoms with Gasteiger partial charge in [0.2, 0.25) is 9.05 Å². The van der Waals surface area contributed by atoms with Crippen molar-refractivity contribution in [2.45, 2.75) is 12.7 Å². The average Bonchev–Trinajstić information content (AvgIpc) is 1.96. The Morgan fingerprint density at radius 1 is 1.43 bits per heavy atom. The lowest BCUT2D eigenvalue weighted by molar-refractivity contribution is 0.471. The van der Waals surface area contributed by atoms with Gasteiger partial charge in [0.25, 0.3) is 0 Å². The van der Waals surface area contributed by atoms with Crippen LogP contribution in [0, 0.1) is 6.92 Å². The normalized spacial score (nSPS) is 11.6. The van der Waals surface area contributed by atoms with Crippen LogP contribution in [0.1, 0.15) is 11.1 Å². The van der Waals surface area contributed by atoms with E-state index >= 15 is 0 Å². The van der Waals surface area contributed by atoms with Gasteiger partial charge in [0.15, 0.2) is 0 Å². The van der Waals surface area contributed by atoms with Crippen LogP contribution >= 0.6 is 22.3 Å². The Hall–Kier alpha value is -0.450. The van der Waals surface area contributed by atoms with Crippen molar-refractivity contribution in [2.24, 2.45) is 0 Å². The van der Waals surface area contributed by atoms with Gasteiger partial charge in [-0.2, -0.15) is 0 Å². The van der Waals surface area contributed by atoms with E-state index in [1.165, 1.54) is 12.1 Å². The molecule has 0 unspecified atom stereocenters. The van der Waals surface area contributed by atoms with Crippen molar-refractivity contribution in [3.05, 3.63) is 28.3 Å². The number of aromatic hydroxyl groups is 1. The Labute approximate surface area is 91.7 Å². The zero-order chi connectivity index (χ0) is 10.9. The summed E-state index contributed by atoms with van der Waals surface area (Å²) in [5, 5.41) is 9.44. The fourth-order valence-corrected chi connectivity index (χ4v) is 2.32. The maximum atomic E-state index is 10.8. The molecule has 0 aliphatic carbocycles. The van der Waals surface area contributed by atoms with Gasteiger partial charge in [-0.1, -0.05) is 17.7 Å². The molecule has 0 aromatic heterocycles. The van der Waals surface area contributed by atoms with E-state index in [4.69, 9.17) is 22.3 Å². The molecular formula is C8H8Cl2O3S. The van der Waals surface area contributed by atoms with Gasteiger partial charge in [0, 0.05) is 10.7 Å². The zero-order valence-corrected chi connectivity index (χ0v) is 9.62. The van der Waals surface area contributed by atoms with Crippen molar-refractivity contribution in [1.29, 1.82) is 0 Å². The van der Waals surface area contributed by atoms with Crippen LogP contribution in [0.5, 0.6) is 5.75 Å². The zero-order valence-electron chi connectivity index (χ0n) is 7.29. The van der Waals surface area contributed by atoms with Crippen LogP contribution in [-0.4, -0.2) is 13.5 Å². The van der Waals surface area contributed by atoms with Crippen LogP contribution in [0.15, 0.2) is 12.1 Å². The van der Waals surface area contributed by atoms with E-state index in [1.54, 1.807) is 6.92 Å². The first-order valence-corrected chi connectivity index (χ1v) is 6.55. The Bertz CT molecular complexity index is 431. The molecule has 0 fully saturated rings. The van der Waals surface area contributed by atoms with E-state index in [9.17, 15) is 13.5 Å². The smallest absolute Gasteiger partial charge is 0.236 e. The lowest BCUT2D eigenvalue weighted by Crippen LogP contribution is -1.95. The van der Waals surface area contributed by atoms with Crippen LogP contribution in [0.2, 0.25) is 5.02 Å². The lowest BCUT2D eigenvalue weighted by atomic mass is 10.1. The molecule has 1 aromatic rings. The summed E-state index contributed by atoms with van der Waals surface area (Å²) in [5.41, 5.74) is 0.980. The number of benzene rings is 1. The molecular weight excluding hydrogens is 247 g/mol. The molecule has 6 heteroatoms. The van der Waals surface area contributed by atoms with Crippen molar-refractivity contribution in [3.8, 4) is 5.75 Å². The van der Waals surface area contributed by atoms with Crippen molar-refractivity contribution in [3.63, 3.8) is 0 Å². The number of hydrogen-bond donors (Lipinski definition) is 1. The molecule has 0 spiro atoms. The molecule has 0 saturated heterocycles. The predicted molar refractivity (Wildman–Crippen MR) is 56.3 cm³/mol. The molecule has 0 radical (unpaired) electrons. The molecule has 0 amide bonds. The fourth-order valence-electron chi connectivity index (χ4n) is 1.09. The van der Waals surface area contributed by atoms with Crippen LogP contribution in [0.25, 0.3) is 0 Å². The molecule has 14 heavy (non-hydrogen) atoms. The third kappa shape index (κ3) is 3.04. The number of phenols is 1. The van der Waals surface area contributed by atoms with Gasteiger partial charge < -0.3 is 5.11 Å². The summed E-state index contributed by atoms with van der Waals surface area (Å²) in [4.78, 5) is 0. The first-order valence-electron chi connectivity index (χ1n) is 3.70. The molecule has 0 bridgehead atoms. The second-order valence-corrected chi connectivity index (χ2v) is 6.11. The first kappa shape index (κ1) is 11.6. The van der Waals surface area contributed by atoms with E-state index < -0.39 is 9.05 Å². The minimum absolute atomic E-state index is 0.0395. The van der Waals surface area contributed by atoms with E-state index in [2.05, 4.69) is 0 Å². The van der Waals surface area contributed by atoms with Crippen molar-refractivity contribution < 1.29 is 13.5 Å². The van der Waals surface area contributed by atoms with E-state index in [0.717, 1.165) is 0 Å². The molecule has 3 nitrogen and oxygen atoms in total. The summed E-state index contributed by atoms with van der Waals surface area (Å²) in [6.45, 7) is 1.63. The summed E-state index contributed by atoms with van der Waals surface area (Å²) in [7, 11) is 1.49. The van der Waals surface area contributed by atoms with Crippen LogP contribution < -0.4 is 0 Å². The highest BCUT2D eigenvalue weighted by molar-refractivity contribution is 8.13. The highest BCUT2D eigenvalue weighted by atomic mass is 35.7. The maximum Gasteiger partial charge on any atom is 0.236 e. The van der Waals surface area contributed by atoms with Crippen molar-refractivity contribution in [2.75, 3.05) is 0 Å². The average molecular weight is 255 g/mol. The number of rotatable bonds is 2. The minimum Gasteiger partial charge on any atom is -0.506 e. The Balaban J connectivity index is 3.14. The molecule has 0 atom stereocenters. The standard InChI is InChI=1S/C8H8Cl2O3S/c1-5-2-6(4-14(10,12)13)3-7(9)8(5)11/h2-3,11H,4H2,1H3. The molecule has 0 heterocycles. The Morgan fingerprint density at radius 3 is 2.43 bits per heavy atom. The molecule has 0 aliphatic heterocycles. The van der Waals surface area contributed by atoms with Gasteiger partial charge >= 0.3 is 0 Å². The van der Waals surface area contributed by atoms with Gasteiger partial charge in [0.1, 0.15) is 5.75 Å². The molecule has 0 saturated carbocycles. The van der Waals surface area contributed by atoms with Crippen molar-refractivity contribution >= 4 is 31.3 Å². The van der Waals surface area contributed by atoms with Gasteiger partial charge in [-0.25, -0.2) is 8.42 Å². The van der Waals surface area contributed by atoms with Gasteiger partial charge in [-0.05, 0) is 24.1 Å². The quantitative estimate of drug-likeness (QED) is 0.825. The molecule has 1 aromatic carbocycles. The van der Waals surface area contributed by atoms with Crippen LogP contribution in [0.4, 0.5) is 0 Å². The highest BCUT2D eigenvalue weighted by Gasteiger charge is 2.10. The molecule has 1 N–H and O–H groups in total. The number of hydrogen-bond acceptors (Lipinski definition) is 3. The lowest BCUT2D eigenvalue weighted by Gasteiger charge is -2.04. The van der Waals surface area contributed by atoms with Gasteiger partial charge in [-0.15, -0.1) is 0 Å². The Morgan fingerprint density at radius 2 is 2.00 bits per heavy atom. The summed E-state index contributed by atoms with van der Waals surface area (Å²) >= 11 is 5.66. The molecule has 0 aliphatic rings. The van der Waals surface area contributed by atoms with Gasteiger partial charge in [-0.3, -0.25) is 0 Å². The second-order valence-electron chi connectivity index (χ2n) is 2.93. The van der Waals surface area contributed by atoms with Crippen LogP contribution in [0.3, 0.4) is 0 Å². The van der Waals surface area contributed by atoms with E-state index in [1.807, 2.05) is 0 Å². The Kier molecular flexibility index (Phi) is 3.29. The van der Waals surface area contributed by atoms with Crippen LogP contribution in [-0.2, 0) is 14.8 Å². The summed E-state index contributed by atoms with van der Waals surface area (Å²) in [6, 6.07) is 2.91. The third-order valence-corrected chi connectivity index (χ3v) is 2.95. The second kappa shape index (κ2) is 3.96. The fraction of sp³-hybridized carbons (Fsp3) is 0.250. The monoisotopic (exact) mass is 254 g/mol. The largest absolute Gasteiger partial charge is 0.506 e. The number of halogens is 2. The maximum absolute atomic E-state index is 10.8. The van der Waals surface area contributed by atoms with E-state index in [-0.39, 0.29) is 16.5 Å². The van der Waals surface area contributed by atoms with Gasteiger partial charge in [0.05, 0.1) is 10.8 Å². The van der Waals surface area contributed by atoms with E-state index in [0.29, 0.717) is 11.1 Å². The first-order chi connectivity index (χ1) is 6.29. The number of aryl methyl sites for hydroxylation is 1. The summed E-state index contributed by atoms with van der Waals surface area (Å²) in [6.07, 6.45) is 0. The topological polar surface area (TPSA) is 54.4 Å².